The van der Waals surface area contributed by atoms with E-state index in [2.05, 4.69) is 4.74 Å². The van der Waals surface area contributed by atoms with Gasteiger partial charge in [0.2, 0.25) is 0 Å². The first-order valence-electron chi connectivity index (χ1n) is 9.90. The van der Waals surface area contributed by atoms with Crippen LogP contribution in [0.1, 0.15) is 38.7 Å². The molecule has 9 nitrogen and oxygen atoms in total. The van der Waals surface area contributed by atoms with Crippen LogP contribution in [0.15, 0.2) is 24.3 Å². The quantitative estimate of drug-likeness (QED) is 0.448. The van der Waals surface area contributed by atoms with Gasteiger partial charge in [0, 0.05) is 6.26 Å². The standard InChI is InChI=1S/C20H26O9S2/c1-4-20(2,12-5-7-13(8-6-12)29-19(23)24)31(27,28)16-11-9-14(15(10-11)18(21)22)17(16)30(3,25)26/h5-8,11,14-17H,4,9-10H2,1-3H3,(H,21,22)(H,23,24). The molecule has 6 atom stereocenters. The minimum atomic E-state index is -4.08. The third-order valence-corrected chi connectivity index (χ3v) is 12.0. The number of sulfone groups is 2. The largest absolute Gasteiger partial charge is 0.511 e. The van der Waals surface area contributed by atoms with Crippen LogP contribution in [0.3, 0.4) is 0 Å². The summed E-state index contributed by atoms with van der Waals surface area (Å²) >= 11 is 0. The van der Waals surface area contributed by atoms with Gasteiger partial charge in [0.1, 0.15) is 5.75 Å². The molecule has 0 saturated heterocycles. The number of hydrogen-bond donors (Lipinski definition) is 2. The molecule has 1 aromatic carbocycles. The molecule has 172 valence electrons. The number of carbonyl (C=O) groups is 2. The number of carboxylic acids is 1. The lowest BCUT2D eigenvalue weighted by molar-refractivity contribution is -0.143. The van der Waals surface area contributed by atoms with Gasteiger partial charge in [0.05, 0.1) is 21.2 Å². The van der Waals surface area contributed by atoms with Crippen molar-refractivity contribution in [2.45, 2.75) is 48.4 Å². The fourth-order valence-corrected chi connectivity index (χ4v) is 10.8. The highest BCUT2D eigenvalue weighted by atomic mass is 32.2. The van der Waals surface area contributed by atoms with E-state index >= 15 is 0 Å². The molecule has 6 unspecified atom stereocenters. The van der Waals surface area contributed by atoms with Crippen molar-refractivity contribution < 1.29 is 41.4 Å². The molecule has 2 aliphatic rings. The normalized spacial score (nSPS) is 30.0. The Morgan fingerprint density at radius 1 is 1.06 bits per heavy atom. The van der Waals surface area contributed by atoms with Crippen LogP contribution in [-0.2, 0) is 29.2 Å². The Balaban J connectivity index is 2.05. The van der Waals surface area contributed by atoms with Crippen LogP contribution < -0.4 is 4.74 Å². The Bertz CT molecular complexity index is 1090. The zero-order valence-corrected chi connectivity index (χ0v) is 19.0. The first-order chi connectivity index (χ1) is 14.2. The predicted octanol–water partition coefficient (Wildman–Crippen LogP) is 2.31. The van der Waals surface area contributed by atoms with Gasteiger partial charge in [0.25, 0.3) is 0 Å². The SMILES string of the molecule is CCC(C)(c1ccc(OC(=O)O)cc1)S(=O)(=O)C1C2CC(C(=O)O)C(C2)C1S(C)(=O)=O. The molecule has 1 aromatic rings. The number of fused-ring (bicyclic) bond motifs is 2. The molecule has 2 N–H and O–H groups in total. The molecular weight excluding hydrogens is 448 g/mol. The van der Waals surface area contributed by atoms with Crippen LogP contribution in [0.2, 0.25) is 0 Å². The third kappa shape index (κ3) is 3.82. The maximum Gasteiger partial charge on any atom is 0.511 e. The summed E-state index contributed by atoms with van der Waals surface area (Å²) in [5, 5.41) is 15.7. The number of rotatable bonds is 7. The summed E-state index contributed by atoms with van der Waals surface area (Å²) in [7, 11) is -7.91. The van der Waals surface area contributed by atoms with Gasteiger partial charge < -0.3 is 14.9 Å². The molecule has 2 aliphatic carbocycles. The smallest absolute Gasteiger partial charge is 0.481 e. The summed E-state index contributed by atoms with van der Waals surface area (Å²) in [6.07, 6.45) is 0.0253. The van der Waals surface area contributed by atoms with Gasteiger partial charge in [-0.15, -0.1) is 0 Å². The second-order valence-corrected chi connectivity index (χ2v) is 13.4. The highest BCUT2D eigenvalue weighted by Gasteiger charge is 2.64. The zero-order valence-electron chi connectivity index (χ0n) is 17.4. The maximum atomic E-state index is 13.9. The molecule has 0 radical (unpaired) electrons. The van der Waals surface area contributed by atoms with Gasteiger partial charge in [-0.05, 0) is 55.7 Å². The Morgan fingerprint density at radius 2 is 1.65 bits per heavy atom. The fraction of sp³-hybridized carbons (Fsp3) is 0.600. The number of ether oxygens (including phenoxy) is 1. The summed E-state index contributed by atoms with van der Waals surface area (Å²) in [6.45, 7) is 3.21. The van der Waals surface area contributed by atoms with Crippen molar-refractivity contribution in [2.24, 2.45) is 17.8 Å². The Morgan fingerprint density at radius 3 is 2.10 bits per heavy atom. The van der Waals surface area contributed by atoms with E-state index in [-0.39, 0.29) is 25.0 Å². The fourth-order valence-electron chi connectivity index (χ4n) is 5.38. The molecule has 0 aromatic heterocycles. The highest BCUT2D eigenvalue weighted by Crippen LogP contribution is 2.56. The minimum absolute atomic E-state index is 0.0327. The first kappa shape index (κ1) is 23.5. The number of aliphatic carboxylic acids is 1. The maximum absolute atomic E-state index is 13.9. The monoisotopic (exact) mass is 474 g/mol. The van der Waals surface area contributed by atoms with Gasteiger partial charge in [0.15, 0.2) is 19.7 Å². The van der Waals surface area contributed by atoms with Gasteiger partial charge in [-0.3, -0.25) is 4.79 Å². The van der Waals surface area contributed by atoms with Crippen LogP contribution >= 0.6 is 0 Å². The van der Waals surface area contributed by atoms with E-state index in [1.54, 1.807) is 6.92 Å². The molecule has 2 bridgehead atoms. The third-order valence-electron chi connectivity index (χ3n) is 7.00. The predicted molar refractivity (Wildman–Crippen MR) is 111 cm³/mol. The molecule has 0 heterocycles. The van der Waals surface area contributed by atoms with E-state index in [0.29, 0.717) is 5.56 Å². The average molecular weight is 475 g/mol. The molecule has 0 spiro atoms. The lowest BCUT2D eigenvalue weighted by Crippen LogP contribution is -2.52. The summed E-state index contributed by atoms with van der Waals surface area (Å²) in [5.41, 5.74) is 0.387. The minimum Gasteiger partial charge on any atom is -0.481 e. The van der Waals surface area contributed by atoms with E-state index in [0.717, 1.165) is 6.26 Å². The second kappa shape index (κ2) is 7.77. The Kier molecular flexibility index (Phi) is 5.90. The van der Waals surface area contributed by atoms with Crippen molar-refractivity contribution in [3.05, 3.63) is 29.8 Å². The highest BCUT2D eigenvalue weighted by molar-refractivity contribution is 7.96. The summed E-state index contributed by atoms with van der Waals surface area (Å²) in [6, 6.07) is 5.62. The zero-order chi connectivity index (χ0) is 23.4. The van der Waals surface area contributed by atoms with Crippen molar-refractivity contribution in [3.63, 3.8) is 0 Å². The number of hydrogen-bond acceptors (Lipinski definition) is 7. The van der Waals surface area contributed by atoms with Crippen molar-refractivity contribution >= 4 is 31.8 Å². The Labute approximate surface area is 181 Å². The molecule has 0 amide bonds. The van der Waals surface area contributed by atoms with Crippen LogP contribution in [-0.4, -0.2) is 55.9 Å². The van der Waals surface area contributed by atoms with E-state index < -0.39 is 64.8 Å². The molecule has 11 heteroatoms. The van der Waals surface area contributed by atoms with Gasteiger partial charge in [-0.2, -0.15) is 0 Å². The van der Waals surface area contributed by atoms with E-state index in [4.69, 9.17) is 5.11 Å². The molecule has 0 aliphatic heterocycles. The second-order valence-electron chi connectivity index (χ2n) is 8.62. The van der Waals surface area contributed by atoms with Crippen LogP contribution in [0, 0.1) is 17.8 Å². The van der Waals surface area contributed by atoms with Crippen LogP contribution in [0.5, 0.6) is 5.75 Å². The van der Waals surface area contributed by atoms with Crippen molar-refractivity contribution in [2.75, 3.05) is 6.26 Å². The van der Waals surface area contributed by atoms with E-state index in [9.17, 15) is 31.5 Å². The molecule has 3 rings (SSSR count). The Hall–Kier alpha value is -2.14. The average Bonchev–Trinajstić information content (AvgIpc) is 3.26. The lowest BCUT2D eigenvalue weighted by atomic mass is 9.88. The van der Waals surface area contributed by atoms with E-state index in [1.165, 1.54) is 31.2 Å². The first-order valence-corrected chi connectivity index (χ1v) is 13.4. The molecule has 31 heavy (non-hydrogen) atoms. The van der Waals surface area contributed by atoms with E-state index in [1.807, 2.05) is 0 Å². The van der Waals surface area contributed by atoms with Crippen molar-refractivity contribution in [3.8, 4) is 5.75 Å². The van der Waals surface area contributed by atoms with Gasteiger partial charge in [-0.1, -0.05) is 19.1 Å². The molecular formula is C20H26O9S2. The van der Waals surface area contributed by atoms with Gasteiger partial charge >= 0.3 is 12.1 Å². The van der Waals surface area contributed by atoms with Crippen LogP contribution in [0.4, 0.5) is 4.79 Å². The summed E-state index contributed by atoms with van der Waals surface area (Å²) < 4.78 is 56.2. The summed E-state index contributed by atoms with van der Waals surface area (Å²) in [5.74, 6) is -3.20. The van der Waals surface area contributed by atoms with Gasteiger partial charge in [-0.25, -0.2) is 21.6 Å². The number of benzene rings is 1. The number of carboxylic acid groups (broad SMARTS) is 2. The topological polar surface area (TPSA) is 152 Å². The van der Waals surface area contributed by atoms with Crippen molar-refractivity contribution in [1.29, 1.82) is 0 Å². The molecule has 2 saturated carbocycles. The van der Waals surface area contributed by atoms with Crippen molar-refractivity contribution in [1.82, 2.24) is 0 Å². The summed E-state index contributed by atoms with van der Waals surface area (Å²) in [4.78, 5) is 22.3. The molecule has 2 fully saturated rings. The lowest BCUT2D eigenvalue weighted by Gasteiger charge is -2.39. The van der Waals surface area contributed by atoms with Crippen LogP contribution in [0.25, 0.3) is 0 Å².